The van der Waals surface area contributed by atoms with Gasteiger partial charge in [0.25, 0.3) is 5.56 Å². The summed E-state index contributed by atoms with van der Waals surface area (Å²) in [6.45, 7) is -0.583. The van der Waals surface area contributed by atoms with Crippen LogP contribution in [0.1, 0.15) is 24.6 Å². The van der Waals surface area contributed by atoms with Crippen molar-refractivity contribution in [3.8, 4) is 12.3 Å². The molecule has 2 heterocycles. The van der Waals surface area contributed by atoms with Crippen LogP contribution in [0.15, 0.2) is 15.8 Å². The highest BCUT2D eigenvalue weighted by atomic mass is 31.3. The summed E-state index contributed by atoms with van der Waals surface area (Å²) in [5.74, 6) is 2.21. The molecule has 4 radical (unpaired) electrons. The molecule has 1 aromatic heterocycles. The Morgan fingerprint density at radius 2 is 1.96 bits per heavy atom. The maximum Gasteiger partial charge on any atom is 0.619 e. The van der Waals surface area contributed by atoms with Crippen molar-refractivity contribution in [1.29, 1.82) is 0 Å². The molecule has 6 N–H and O–H groups in total. The van der Waals surface area contributed by atoms with Crippen LogP contribution in [0.3, 0.4) is 0 Å². The first-order chi connectivity index (χ1) is 12.4. The van der Waals surface area contributed by atoms with Crippen molar-refractivity contribution in [2.75, 3.05) is 6.51 Å². The Kier molecular flexibility index (Phi) is 8.79. The highest BCUT2D eigenvalue weighted by Gasteiger charge is 2.57. The Morgan fingerprint density at radius 3 is 2.41 bits per heavy atom. The number of H-pyrrole nitrogens is 1. The zero-order valence-electron chi connectivity index (χ0n) is 13.7. The third-order valence-electron chi connectivity index (χ3n) is 2.92. The Morgan fingerprint density at radius 1 is 1.33 bits per heavy atom. The largest absolute Gasteiger partial charge is 0.619 e. The molecule has 0 bridgehead atoms. The quantitative estimate of drug-likeness (QED) is 0.173. The van der Waals surface area contributed by atoms with Gasteiger partial charge < -0.3 is 4.74 Å². The van der Waals surface area contributed by atoms with Gasteiger partial charge in [-0.1, -0.05) is 5.92 Å². The van der Waals surface area contributed by atoms with Crippen molar-refractivity contribution < 1.29 is 38.0 Å². The molecule has 27 heavy (non-hydrogen) atoms. The maximum atomic E-state index is 11.5. The summed E-state index contributed by atoms with van der Waals surface area (Å²) >= 11 is 0. The lowest BCUT2D eigenvalue weighted by atomic mass is 9.98. The molecule has 144 valence electrons. The van der Waals surface area contributed by atoms with Crippen molar-refractivity contribution in [2.45, 2.75) is 25.1 Å². The average molecular weight is 420 g/mol. The summed E-state index contributed by atoms with van der Waals surface area (Å²) in [5.41, 5.74) is -1.00. The van der Waals surface area contributed by atoms with Crippen molar-refractivity contribution in [1.82, 2.24) is 9.55 Å². The Bertz CT molecular complexity index is 787. The van der Waals surface area contributed by atoms with Crippen LogP contribution in [0.4, 0.5) is 0 Å². The number of nitrogens with zero attached hydrogens (tertiary/aromatic N) is 1. The zero-order chi connectivity index (χ0) is 20.8. The smallest absolute Gasteiger partial charge is 0.364 e. The number of terminal acetylenes is 1. The minimum atomic E-state index is -4.70. The van der Waals surface area contributed by atoms with E-state index >= 15 is 0 Å². The van der Waals surface area contributed by atoms with E-state index in [1.54, 1.807) is 0 Å². The van der Waals surface area contributed by atoms with Crippen LogP contribution in [0.5, 0.6) is 0 Å². The molecule has 0 amide bonds. The first-order valence-corrected chi connectivity index (χ1v) is 10.2. The standard InChI is InChI=1S/C10H9BN2O3.CH7BO7P2/c1-2-6-5-13(10(15)12-9(6)14)8-4-3-7(11)16-8;2-1-8-11(6,7)9-10(3,4)5/h1,5,7-8H,3-4H2,(H,12,14,15);3-7H,1H2/q;+2/t7-,8?;/m0./s1. The highest BCUT2D eigenvalue weighted by molar-refractivity contribution is 7.67. The zero-order valence-corrected chi connectivity index (χ0v) is 15.5. The lowest BCUT2D eigenvalue weighted by Gasteiger charge is -2.14. The molecule has 0 aliphatic carbocycles. The molecule has 1 aliphatic rings. The molecule has 2 rings (SSSR count). The lowest BCUT2D eigenvalue weighted by Crippen LogP contribution is -2.33. The molecule has 0 aromatic carbocycles. The number of aromatic nitrogens is 2. The van der Waals surface area contributed by atoms with Crippen LogP contribution >= 0.6 is 16.3 Å². The van der Waals surface area contributed by atoms with E-state index in [4.69, 9.17) is 51.3 Å². The second-order valence-corrected chi connectivity index (χ2v) is 7.86. The first-order valence-electron chi connectivity index (χ1n) is 7.09. The van der Waals surface area contributed by atoms with Crippen molar-refractivity contribution in [2.24, 2.45) is 0 Å². The van der Waals surface area contributed by atoms with Gasteiger partial charge in [0.05, 0.1) is 10.8 Å². The van der Waals surface area contributed by atoms with E-state index in [1.807, 2.05) is 0 Å². The molecule has 1 fully saturated rings. The maximum absolute atomic E-state index is 11.5. The highest BCUT2D eigenvalue weighted by Crippen LogP contribution is 2.66. The lowest BCUT2D eigenvalue weighted by molar-refractivity contribution is 0.0339. The van der Waals surface area contributed by atoms with E-state index in [0.29, 0.717) is 12.8 Å². The van der Waals surface area contributed by atoms with Gasteiger partial charge in [0.15, 0.2) is 0 Å². The van der Waals surface area contributed by atoms with Gasteiger partial charge in [-0.05, 0) is 12.8 Å². The van der Waals surface area contributed by atoms with Crippen LogP contribution in [0.25, 0.3) is 0 Å². The summed E-state index contributed by atoms with van der Waals surface area (Å²) in [6.07, 6.45) is 7.31. The van der Waals surface area contributed by atoms with E-state index in [2.05, 4.69) is 19.7 Å². The molecular formula is C11H16B2N2O10P2+2. The van der Waals surface area contributed by atoms with Crippen molar-refractivity contribution in [3.05, 3.63) is 32.6 Å². The van der Waals surface area contributed by atoms with Gasteiger partial charge in [-0.2, -0.15) is 29.0 Å². The Balaban J connectivity index is 0.000000293. The average Bonchev–Trinajstić information content (AvgIpc) is 2.91. The van der Waals surface area contributed by atoms with Crippen molar-refractivity contribution in [3.63, 3.8) is 0 Å². The number of hydrogen-bond donors (Lipinski definition) is 6. The summed E-state index contributed by atoms with van der Waals surface area (Å²) in [7, 11) is 1.18. The second kappa shape index (κ2) is 9.91. The fourth-order valence-electron chi connectivity index (χ4n) is 1.91. The number of ether oxygens (including phenoxy) is 1. The monoisotopic (exact) mass is 420 g/mol. The van der Waals surface area contributed by atoms with Crippen LogP contribution in [-0.4, -0.2) is 62.2 Å². The topological polar surface area (TPSA) is 184 Å². The molecule has 0 saturated carbocycles. The van der Waals surface area contributed by atoms with Gasteiger partial charge in [0.2, 0.25) is 0 Å². The molecule has 16 heteroatoms. The van der Waals surface area contributed by atoms with Gasteiger partial charge in [-0.3, -0.25) is 14.3 Å². The van der Waals surface area contributed by atoms with Crippen LogP contribution in [-0.2, 0) is 13.6 Å². The van der Waals surface area contributed by atoms with E-state index in [9.17, 15) is 9.59 Å². The summed E-state index contributed by atoms with van der Waals surface area (Å²) < 4.78 is 14.1. The summed E-state index contributed by atoms with van der Waals surface area (Å²) in [5, 5.41) is 0. The number of aromatic amines is 1. The molecule has 12 nitrogen and oxygen atoms in total. The molecule has 1 saturated heterocycles. The number of nitrogens with one attached hydrogen (secondary N) is 1. The Hall–Kier alpha value is -1.09. The minimum absolute atomic E-state index is 0.101. The third-order valence-corrected chi connectivity index (χ3v) is 5.13. The van der Waals surface area contributed by atoms with E-state index in [0.717, 1.165) is 0 Å². The van der Waals surface area contributed by atoms with Crippen LogP contribution in [0, 0.1) is 12.3 Å². The first kappa shape index (κ1) is 23.9. The normalized spacial score (nSPS) is 19.9. The molecule has 1 aromatic rings. The molecule has 1 aliphatic heterocycles. The number of hydrogen-bond acceptors (Lipinski definition) is 10. The fraction of sp³-hybridized carbons (Fsp3) is 0.455. The number of rotatable bonds is 5. The molecule has 0 spiro atoms. The summed E-state index contributed by atoms with van der Waals surface area (Å²) in [6, 6.07) is -0.377. The van der Waals surface area contributed by atoms with Crippen molar-refractivity contribution >= 4 is 32.0 Å². The molecule has 1 unspecified atom stereocenters. The Labute approximate surface area is 156 Å². The molecular weight excluding hydrogens is 404 g/mol. The van der Waals surface area contributed by atoms with Gasteiger partial charge >= 0.3 is 22.0 Å². The van der Waals surface area contributed by atoms with E-state index in [1.165, 1.54) is 10.8 Å². The SMILES string of the molecule is [B]CO[P+](O)(O)O[P+](O)(O)O.[B][C@@H]1CCC(n2cc(C#C)c(=O)[nH]c2=O)O1. The molecule has 2 atom stereocenters. The fourth-order valence-corrected chi connectivity index (χ4v) is 3.44. The van der Waals surface area contributed by atoms with Crippen LogP contribution in [0.2, 0.25) is 0 Å². The van der Waals surface area contributed by atoms with Crippen LogP contribution < -0.4 is 11.2 Å². The second-order valence-electron chi connectivity index (χ2n) is 4.94. The van der Waals surface area contributed by atoms with Gasteiger partial charge in [0, 0.05) is 12.2 Å². The third kappa shape index (κ3) is 8.21. The van der Waals surface area contributed by atoms with E-state index in [-0.39, 0.29) is 11.6 Å². The predicted molar refractivity (Wildman–Crippen MR) is 95.9 cm³/mol. The van der Waals surface area contributed by atoms with Gasteiger partial charge in [-0.25, -0.2) is 4.79 Å². The van der Waals surface area contributed by atoms with Gasteiger partial charge in [-0.15, -0.1) is 6.42 Å². The van der Waals surface area contributed by atoms with E-state index < -0.39 is 40.3 Å². The summed E-state index contributed by atoms with van der Waals surface area (Å²) in [4.78, 5) is 66.5. The predicted octanol–water partition coefficient (Wildman–Crippen LogP) is -2.22. The van der Waals surface area contributed by atoms with Gasteiger partial charge in [0.1, 0.15) is 27.5 Å². The minimum Gasteiger partial charge on any atom is -0.364 e.